The van der Waals surface area contributed by atoms with Crippen LogP contribution in [0.25, 0.3) is 0 Å². The molecule has 0 aromatic rings. The van der Waals surface area contributed by atoms with Gasteiger partial charge in [-0.2, -0.15) is 0 Å². The summed E-state index contributed by atoms with van der Waals surface area (Å²) < 4.78 is 0. The molecule has 0 bridgehead atoms. The average molecular weight is 278 g/mol. The van der Waals surface area contributed by atoms with Crippen LogP contribution in [0.15, 0.2) is 0 Å². The number of halogens is 1. The molecule has 0 aromatic carbocycles. The summed E-state index contributed by atoms with van der Waals surface area (Å²) in [6.07, 6.45) is 3.16. The molecule has 18 heavy (non-hydrogen) atoms. The Morgan fingerprint density at radius 2 is 1.89 bits per heavy atom. The van der Waals surface area contributed by atoms with E-state index in [1.807, 2.05) is 13.8 Å². The van der Waals surface area contributed by atoms with Crippen molar-refractivity contribution in [2.24, 2.45) is 5.92 Å². The standard InChI is InChI=1S/C12H23N3O2.ClH/c1-9(2)11(16)14-7-8-15-12(17)10-5-3-4-6-13-10;/h9-10,13H,3-8H2,1-2H3,(H,14,16)(H,15,17);1H/t10-;/m0./s1. The van der Waals surface area contributed by atoms with Crippen LogP contribution in [0.1, 0.15) is 33.1 Å². The predicted octanol–water partition coefficient (Wildman–Crippen LogP) is 0.439. The van der Waals surface area contributed by atoms with Crippen molar-refractivity contribution in [3.05, 3.63) is 0 Å². The number of carbonyl (C=O) groups is 2. The molecular formula is C12H24ClN3O2. The summed E-state index contributed by atoms with van der Waals surface area (Å²) in [4.78, 5) is 22.9. The van der Waals surface area contributed by atoms with E-state index in [2.05, 4.69) is 16.0 Å². The summed E-state index contributed by atoms with van der Waals surface area (Å²) in [7, 11) is 0. The zero-order valence-corrected chi connectivity index (χ0v) is 11.9. The van der Waals surface area contributed by atoms with Gasteiger partial charge in [0.2, 0.25) is 11.8 Å². The Hall–Kier alpha value is -0.810. The normalized spacial score (nSPS) is 18.9. The number of hydrogen-bond donors (Lipinski definition) is 3. The highest BCUT2D eigenvalue weighted by molar-refractivity contribution is 5.85. The second kappa shape index (κ2) is 9.16. The Balaban J connectivity index is 0.00000289. The molecule has 3 N–H and O–H groups in total. The molecular weight excluding hydrogens is 254 g/mol. The quantitative estimate of drug-likeness (QED) is 0.639. The van der Waals surface area contributed by atoms with Crippen molar-refractivity contribution in [2.75, 3.05) is 19.6 Å². The number of nitrogens with one attached hydrogen (secondary N) is 3. The second-order valence-corrected chi connectivity index (χ2v) is 4.74. The largest absolute Gasteiger partial charge is 0.354 e. The molecule has 6 heteroatoms. The fourth-order valence-electron chi connectivity index (χ4n) is 1.77. The lowest BCUT2D eigenvalue weighted by Gasteiger charge is -2.22. The van der Waals surface area contributed by atoms with Crippen LogP contribution in [0.4, 0.5) is 0 Å². The summed E-state index contributed by atoms with van der Waals surface area (Å²) in [5.41, 5.74) is 0. The fraction of sp³-hybridized carbons (Fsp3) is 0.833. The van der Waals surface area contributed by atoms with Crippen LogP contribution in [-0.2, 0) is 9.59 Å². The first-order chi connectivity index (χ1) is 8.11. The first-order valence-electron chi connectivity index (χ1n) is 6.40. The van der Waals surface area contributed by atoms with Gasteiger partial charge in [-0.1, -0.05) is 20.3 Å². The van der Waals surface area contributed by atoms with Gasteiger partial charge >= 0.3 is 0 Å². The van der Waals surface area contributed by atoms with E-state index in [4.69, 9.17) is 0 Å². The number of piperidine rings is 1. The van der Waals surface area contributed by atoms with Gasteiger partial charge in [-0.25, -0.2) is 0 Å². The van der Waals surface area contributed by atoms with E-state index in [1.54, 1.807) is 0 Å². The van der Waals surface area contributed by atoms with E-state index in [1.165, 1.54) is 0 Å². The van der Waals surface area contributed by atoms with Crippen molar-refractivity contribution in [2.45, 2.75) is 39.2 Å². The second-order valence-electron chi connectivity index (χ2n) is 4.74. The third-order valence-electron chi connectivity index (χ3n) is 2.87. The maximum atomic E-state index is 11.7. The van der Waals surface area contributed by atoms with E-state index in [0.717, 1.165) is 25.8 Å². The van der Waals surface area contributed by atoms with Crippen LogP contribution in [0, 0.1) is 5.92 Å². The van der Waals surface area contributed by atoms with Crippen LogP contribution in [0.5, 0.6) is 0 Å². The van der Waals surface area contributed by atoms with Gasteiger partial charge in [0.25, 0.3) is 0 Å². The van der Waals surface area contributed by atoms with Crippen molar-refractivity contribution in [3.63, 3.8) is 0 Å². The van der Waals surface area contributed by atoms with E-state index >= 15 is 0 Å². The summed E-state index contributed by atoms with van der Waals surface area (Å²) in [5.74, 6) is 0.0595. The van der Waals surface area contributed by atoms with Gasteiger partial charge < -0.3 is 16.0 Å². The van der Waals surface area contributed by atoms with Crippen molar-refractivity contribution < 1.29 is 9.59 Å². The molecule has 1 atom stereocenters. The molecule has 0 spiro atoms. The highest BCUT2D eigenvalue weighted by Crippen LogP contribution is 2.06. The Kier molecular flexibility index (Phi) is 8.75. The minimum absolute atomic E-state index is 0. The van der Waals surface area contributed by atoms with E-state index in [0.29, 0.717) is 13.1 Å². The van der Waals surface area contributed by atoms with Gasteiger partial charge in [0.15, 0.2) is 0 Å². The summed E-state index contributed by atoms with van der Waals surface area (Å²) >= 11 is 0. The summed E-state index contributed by atoms with van der Waals surface area (Å²) in [5, 5.41) is 8.78. The van der Waals surface area contributed by atoms with Gasteiger partial charge in [0, 0.05) is 19.0 Å². The van der Waals surface area contributed by atoms with Crippen LogP contribution in [0.2, 0.25) is 0 Å². The van der Waals surface area contributed by atoms with Crippen LogP contribution < -0.4 is 16.0 Å². The molecule has 1 rings (SSSR count). The van der Waals surface area contributed by atoms with Crippen LogP contribution >= 0.6 is 12.4 Å². The first-order valence-corrected chi connectivity index (χ1v) is 6.40. The fourth-order valence-corrected chi connectivity index (χ4v) is 1.77. The Morgan fingerprint density at radius 1 is 1.22 bits per heavy atom. The Morgan fingerprint density at radius 3 is 2.44 bits per heavy atom. The molecule has 2 amide bonds. The maximum Gasteiger partial charge on any atom is 0.237 e. The van der Waals surface area contributed by atoms with Crippen molar-refractivity contribution in [3.8, 4) is 0 Å². The van der Waals surface area contributed by atoms with Crippen LogP contribution in [-0.4, -0.2) is 37.5 Å². The number of hydrogen-bond acceptors (Lipinski definition) is 3. The number of amides is 2. The molecule has 106 valence electrons. The predicted molar refractivity (Wildman–Crippen MR) is 73.7 cm³/mol. The van der Waals surface area contributed by atoms with Crippen molar-refractivity contribution in [1.82, 2.24) is 16.0 Å². The van der Waals surface area contributed by atoms with Gasteiger partial charge in [-0.05, 0) is 19.4 Å². The van der Waals surface area contributed by atoms with Crippen molar-refractivity contribution >= 4 is 24.2 Å². The Bertz CT molecular complexity index is 266. The molecule has 1 fully saturated rings. The molecule has 0 saturated carbocycles. The number of rotatable bonds is 5. The molecule has 1 aliphatic heterocycles. The SMILES string of the molecule is CC(C)C(=O)NCCNC(=O)[C@@H]1CCCCN1.Cl. The first kappa shape index (κ1) is 17.2. The Labute approximate surface area is 115 Å². The molecule has 5 nitrogen and oxygen atoms in total. The number of carbonyl (C=O) groups excluding carboxylic acids is 2. The molecule has 0 unspecified atom stereocenters. The van der Waals surface area contributed by atoms with E-state index in [-0.39, 0.29) is 36.2 Å². The average Bonchev–Trinajstić information content (AvgIpc) is 2.35. The van der Waals surface area contributed by atoms with Gasteiger partial charge in [0.1, 0.15) is 0 Å². The molecule has 1 aliphatic rings. The third-order valence-corrected chi connectivity index (χ3v) is 2.87. The zero-order valence-electron chi connectivity index (χ0n) is 11.1. The molecule has 0 radical (unpaired) electrons. The van der Waals surface area contributed by atoms with Crippen LogP contribution in [0.3, 0.4) is 0 Å². The lowest BCUT2D eigenvalue weighted by molar-refractivity contribution is -0.125. The highest BCUT2D eigenvalue weighted by atomic mass is 35.5. The lowest BCUT2D eigenvalue weighted by Crippen LogP contribution is -2.48. The molecule has 1 heterocycles. The topological polar surface area (TPSA) is 70.2 Å². The molecule has 0 aliphatic carbocycles. The van der Waals surface area contributed by atoms with E-state index in [9.17, 15) is 9.59 Å². The monoisotopic (exact) mass is 277 g/mol. The molecule has 1 saturated heterocycles. The molecule has 0 aromatic heterocycles. The van der Waals surface area contributed by atoms with Gasteiger partial charge in [-0.15, -0.1) is 12.4 Å². The third kappa shape index (κ3) is 6.21. The maximum absolute atomic E-state index is 11.7. The minimum Gasteiger partial charge on any atom is -0.354 e. The summed E-state index contributed by atoms with van der Waals surface area (Å²) in [6, 6.07) is -0.0513. The van der Waals surface area contributed by atoms with E-state index < -0.39 is 0 Å². The van der Waals surface area contributed by atoms with Crippen molar-refractivity contribution in [1.29, 1.82) is 0 Å². The lowest BCUT2D eigenvalue weighted by atomic mass is 10.0. The summed E-state index contributed by atoms with van der Waals surface area (Å²) in [6.45, 7) is 5.60. The zero-order chi connectivity index (χ0) is 12.7. The van der Waals surface area contributed by atoms with Gasteiger partial charge in [0.05, 0.1) is 6.04 Å². The highest BCUT2D eigenvalue weighted by Gasteiger charge is 2.19. The smallest absolute Gasteiger partial charge is 0.237 e. The van der Waals surface area contributed by atoms with Gasteiger partial charge in [-0.3, -0.25) is 9.59 Å². The minimum atomic E-state index is -0.0513.